The average Bonchev–Trinajstić information content (AvgIpc) is 2.83. The van der Waals surface area contributed by atoms with Gasteiger partial charge in [0.1, 0.15) is 4.32 Å². The molecule has 0 aliphatic carbocycles. The van der Waals surface area contributed by atoms with Crippen LogP contribution in [0.25, 0.3) is 0 Å². The summed E-state index contributed by atoms with van der Waals surface area (Å²) in [5, 5.41) is 3.35. The van der Waals surface area contributed by atoms with Crippen molar-refractivity contribution in [1.29, 1.82) is 0 Å². The number of piperazine rings is 1. The normalized spacial score (nSPS) is 22.6. The lowest BCUT2D eigenvalue weighted by atomic mass is 10.4. The summed E-state index contributed by atoms with van der Waals surface area (Å²) in [5.74, 6) is 1.16. The molecule has 1 N–H and O–H groups in total. The van der Waals surface area contributed by atoms with Gasteiger partial charge < -0.3 is 15.1 Å². The predicted octanol–water partition coefficient (Wildman–Crippen LogP) is 1.01. The maximum absolute atomic E-state index is 5.46. The summed E-state index contributed by atoms with van der Waals surface area (Å²) in [6.07, 6.45) is 2.76. The molecular formula is C11H21N3S2. The summed E-state index contributed by atoms with van der Waals surface area (Å²) in [4.78, 5) is 4.88. The summed E-state index contributed by atoms with van der Waals surface area (Å²) < 4.78 is 1.10. The largest absolute Gasteiger partial charge is 0.355 e. The van der Waals surface area contributed by atoms with E-state index in [1.54, 1.807) is 0 Å². The van der Waals surface area contributed by atoms with Crippen molar-refractivity contribution >= 4 is 28.3 Å². The van der Waals surface area contributed by atoms with E-state index < -0.39 is 0 Å². The van der Waals surface area contributed by atoms with Crippen molar-refractivity contribution in [2.75, 3.05) is 51.6 Å². The van der Waals surface area contributed by atoms with Crippen LogP contribution in [-0.4, -0.2) is 65.7 Å². The van der Waals surface area contributed by atoms with Crippen LogP contribution in [0.1, 0.15) is 12.8 Å². The van der Waals surface area contributed by atoms with Crippen LogP contribution in [0, 0.1) is 0 Å². The van der Waals surface area contributed by atoms with E-state index in [0.717, 1.165) is 36.3 Å². The molecule has 0 amide bonds. The maximum atomic E-state index is 5.46. The minimum atomic E-state index is 1.08. The Kier molecular flexibility index (Phi) is 5.35. The van der Waals surface area contributed by atoms with Crippen molar-refractivity contribution in [3.05, 3.63) is 0 Å². The second kappa shape index (κ2) is 6.79. The molecule has 0 radical (unpaired) electrons. The highest BCUT2D eigenvalue weighted by Gasteiger charge is 2.14. The molecule has 2 rings (SSSR count). The van der Waals surface area contributed by atoms with Gasteiger partial charge in [-0.15, -0.1) is 0 Å². The van der Waals surface area contributed by atoms with E-state index in [-0.39, 0.29) is 0 Å². The van der Waals surface area contributed by atoms with Gasteiger partial charge in [0.25, 0.3) is 0 Å². The summed E-state index contributed by atoms with van der Waals surface area (Å²) in [6, 6.07) is 0. The molecule has 0 unspecified atom stereocenters. The number of nitrogens with one attached hydrogen (secondary N) is 1. The Morgan fingerprint density at radius 3 is 2.50 bits per heavy atom. The van der Waals surface area contributed by atoms with Crippen LogP contribution in [0.3, 0.4) is 0 Å². The standard InChI is InChI=1S/C11H21N3S2/c15-11(14-7-3-12-4-8-14)16-10-9-13-5-1-2-6-13/h12H,1-10H2. The lowest BCUT2D eigenvalue weighted by molar-refractivity contribution is 0.360. The van der Waals surface area contributed by atoms with Crippen LogP contribution in [0.15, 0.2) is 0 Å². The Bertz CT molecular complexity index is 223. The molecule has 0 atom stereocenters. The van der Waals surface area contributed by atoms with Crippen molar-refractivity contribution < 1.29 is 0 Å². The fourth-order valence-corrected chi connectivity index (χ4v) is 3.53. The van der Waals surface area contributed by atoms with Gasteiger partial charge >= 0.3 is 0 Å². The summed E-state index contributed by atoms with van der Waals surface area (Å²) in [6.45, 7) is 8.10. The zero-order valence-electron chi connectivity index (χ0n) is 9.78. The summed E-state index contributed by atoms with van der Waals surface area (Å²) >= 11 is 7.31. The van der Waals surface area contributed by atoms with Crippen LogP contribution in [0.5, 0.6) is 0 Å². The van der Waals surface area contributed by atoms with Crippen LogP contribution in [0.2, 0.25) is 0 Å². The third-order valence-corrected chi connectivity index (χ3v) is 4.71. The molecule has 0 saturated carbocycles. The summed E-state index contributed by atoms with van der Waals surface area (Å²) in [7, 11) is 0. The van der Waals surface area contributed by atoms with E-state index in [9.17, 15) is 0 Å². The van der Waals surface area contributed by atoms with Crippen molar-refractivity contribution in [2.24, 2.45) is 0 Å². The van der Waals surface area contributed by atoms with Crippen LogP contribution >= 0.6 is 24.0 Å². The second-order valence-electron chi connectivity index (χ2n) is 4.40. The lowest BCUT2D eigenvalue weighted by Crippen LogP contribution is -2.45. The number of rotatable bonds is 3. The van der Waals surface area contributed by atoms with Crippen LogP contribution in [0.4, 0.5) is 0 Å². The average molecular weight is 259 g/mol. The first-order chi connectivity index (χ1) is 7.86. The molecule has 92 valence electrons. The second-order valence-corrected chi connectivity index (χ2v) is 6.13. The third-order valence-electron chi connectivity index (χ3n) is 3.21. The molecule has 0 spiro atoms. The van der Waals surface area contributed by atoms with Gasteiger partial charge in [-0.25, -0.2) is 0 Å². The van der Waals surface area contributed by atoms with E-state index in [0.29, 0.717) is 0 Å². The zero-order chi connectivity index (χ0) is 11.2. The Morgan fingerprint density at radius 2 is 1.81 bits per heavy atom. The quantitative estimate of drug-likeness (QED) is 0.760. The topological polar surface area (TPSA) is 18.5 Å². The van der Waals surface area contributed by atoms with Crippen molar-refractivity contribution in [2.45, 2.75) is 12.8 Å². The molecule has 0 aromatic carbocycles. The van der Waals surface area contributed by atoms with Crippen LogP contribution < -0.4 is 5.32 Å². The first-order valence-electron chi connectivity index (χ1n) is 6.21. The third kappa shape index (κ3) is 3.87. The van der Waals surface area contributed by atoms with Gasteiger partial charge in [0.2, 0.25) is 0 Å². The molecule has 2 aliphatic heterocycles. The van der Waals surface area contributed by atoms with Gasteiger partial charge in [0, 0.05) is 38.5 Å². The molecule has 2 fully saturated rings. The first-order valence-corrected chi connectivity index (χ1v) is 7.60. The fourth-order valence-electron chi connectivity index (χ4n) is 2.21. The van der Waals surface area contributed by atoms with E-state index in [4.69, 9.17) is 12.2 Å². The number of thioether (sulfide) groups is 1. The molecule has 5 heteroatoms. The molecule has 2 aliphatic rings. The minimum absolute atomic E-state index is 1.08. The zero-order valence-corrected chi connectivity index (χ0v) is 11.4. The number of hydrogen-bond acceptors (Lipinski definition) is 4. The molecule has 0 bridgehead atoms. The molecule has 0 aromatic rings. The van der Waals surface area contributed by atoms with Gasteiger partial charge in [-0.05, 0) is 25.9 Å². The van der Waals surface area contributed by atoms with Crippen molar-refractivity contribution in [3.8, 4) is 0 Å². The van der Waals surface area contributed by atoms with Crippen molar-refractivity contribution in [3.63, 3.8) is 0 Å². The Labute approximate surface area is 108 Å². The van der Waals surface area contributed by atoms with E-state index in [2.05, 4.69) is 15.1 Å². The van der Waals surface area contributed by atoms with E-state index >= 15 is 0 Å². The SMILES string of the molecule is S=C(SCCN1CCCC1)N1CCNCC1. The van der Waals surface area contributed by atoms with Gasteiger partial charge in [-0.3, -0.25) is 0 Å². The first kappa shape index (κ1) is 12.6. The van der Waals surface area contributed by atoms with E-state index in [1.165, 1.54) is 32.5 Å². The highest BCUT2D eigenvalue weighted by molar-refractivity contribution is 8.22. The van der Waals surface area contributed by atoms with Gasteiger partial charge in [-0.2, -0.15) is 0 Å². The molecule has 2 heterocycles. The number of likely N-dealkylation sites (tertiary alicyclic amines) is 1. The Morgan fingerprint density at radius 1 is 1.12 bits per heavy atom. The highest BCUT2D eigenvalue weighted by Crippen LogP contribution is 2.13. The number of hydrogen-bond donors (Lipinski definition) is 1. The molecule has 3 nitrogen and oxygen atoms in total. The fraction of sp³-hybridized carbons (Fsp3) is 0.909. The predicted molar refractivity (Wildman–Crippen MR) is 75.2 cm³/mol. The lowest BCUT2D eigenvalue weighted by Gasteiger charge is -2.29. The molecule has 2 saturated heterocycles. The number of thiocarbonyl (C=S) groups is 1. The summed E-state index contributed by atoms with van der Waals surface area (Å²) in [5.41, 5.74) is 0. The highest BCUT2D eigenvalue weighted by atomic mass is 32.2. The van der Waals surface area contributed by atoms with Gasteiger partial charge in [0.05, 0.1) is 0 Å². The minimum Gasteiger partial charge on any atom is -0.355 e. The monoisotopic (exact) mass is 259 g/mol. The molecular weight excluding hydrogens is 238 g/mol. The smallest absolute Gasteiger partial charge is 0.136 e. The Balaban J connectivity index is 1.59. The number of nitrogens with zero attached hydrogens (tertiary/aromatic N) is 2. The molecule has 0 aromatic heterocycles. The molecule has 16 heavy (non-hydrogen) atoms. The van der Waals surface area contributed by atoms with Gasteiger partial charge in [0.15, 0.2) is 0 Å². The van der Waals surface area contributed by atoms with E-state index in [1.807, 2.05) is 11.8 Å². The maximum Gasteiger partial charge on any atom is 0.136 e. The Hall–Kier alpha value is 0.160. The van der Waals surface area contributed by atoms with Crippen molar-refractivity contribution in [1.82, 2.24) is 15.1 Å². The van der Waals surface area contributed by atoms with Crippen LogP contribution in [-0.2, 0) is 0 Å². The van der Waals surface area contributed by atoms with Gasteiger partial charge in [-0.1, -0.05) is 24.0 Å².